The fourth-order valence-corrected chi connectivity index (χ4v) is 13.7. The van der Waals surface area contributed by atoms with Gasteiger partial charge in [0.25, 0.3) is 23.6 Å². The van der Waals surface area contributed by atoms with E-state index in [0.717, 1.165) is 0 Å². The fourth-order valence-electron chi connectivity index (χ4n) is 4.91. The van der Waals surface area contributed by atoms with Gasteiger partial charge in [0.1, 0.15) is 13.2 Å². The lowest BCUT2D eigenvalue weighted by molar-refractivity contribution is -0.119. The number of amides is 6. The molecule has 0 radical (unpaired) electrons. The summed E-state index contributed by atoms with van der Waals surface area (Å²) in [6.07, 6.45) is -1.17. The number of benzene rings is 2. The number of halogens is 6. The lowest BCUT2D eigenvalue weighted by Gasteiger charge is -2.36. The predicted molar refractivity (Wildman–Crippen MR) is 242 cm³/mol. The van der Waals surface area contributed by atoms with Gasteiger partial charge in [0, 0.05) is 46.5 Å². The molecule has 18 nitrogen and oxygen atoms in total. The number of aliphatic hydroxyl groups is 5. The molecule has 54 heavy (non-hydrogen) atoms. The Hall–Kier alpha value is -0.600. The molecular formula is C30H32I6N6O12. The summed E-state index contributed by atoms with van der Waals surface area (Å²) in [6, 6.07) is 0. The molecule has 0 bridgehead atoms. The monoisotopic (exact) mass is 1430 g/mol. The third-order valence-electron chi connectivity index (χ3n) is 7.64. The Bertz CT molecular complexity index is 1830. The average molecular weight is 1430 g/mol. The minimum Gasteiger partial charge on any atom is -0.396 e. The zero-order chi connectivity index (χ0) is 40.6. The number of anilines is 2. The minimum atomic E-state index is -1.24. The van der Waals surface area contributed by atoms with E-state index in [-0.39, 0.29) is 107 Å². The van der Waals surface area contributed by atoms with Crippen LogP contribution in [0.15, 0.2) is 0 Å². The smallest absolute Gasteiger partial charge is 0.279 e. The molecule has 1 fully saturated rings. The van der Waals surface area contributed by atoms with Crippen LogP contribution in [-0.4, -0.2) is 153 Å². The number of nitrogens with one attached hydrogen (secondary N) is 3. The second-order valence-electron chi connectivity index (χ2n) is 11.2. The zero-order valence-corrected chi connectivity index (χ0v) is 40.5. The fraction of sp³-hybridized carbons (Fsp3) is 0.400. The van der Waals surface area contributed by atoms with E-state index in [9.17, 15) is 59.5 Å². The normalized spacial score (nSPS) is 13.3. The van der Waals surface area contributed by atoms with Crippen molar-refractivity contribution in [3.63, 3.8) is 0 Å². The molecule has 1 atom stereocenters. The lowest BCUT2D eigenvalue weighted by Crippen LogP contribution is -2.51. The molecule has 24 heteroatoms. The highest BCUT2D eigenvalue weighted by Gasteiger charge is 2.36. The van der Waals surface area contributed by atoms with Gasteiger partial charge in [-0.05, 0) is 142 Å². The van der Waals surface area contributed by atoms with E-state index in [2.05, 4.69) is 16.0 Å². The molecule has 1 unspecified atom stereocenters. The van der Waals surface area contributed by atoms with E-state index in [1.54, 1.807) is 22.6 Å². The van der Waals surface area contributed by atoms with E-state index < -0.39 is 61.4 Å². The molecular weight excluding hydrogens is 1400 g/mol. The molecule has 6 amide bonds. The average Bonchev–Trinajstić information content (AvgIpc) is 3.15. The number of carbonyl (C=O) groups excluding carboxylic acids is 6. The molecule has 1 aliphatic heterocycles. The van der Waals surface area contributed by atoms with Crippen LogP contribution in [0.4, 0.5) is 11.4 Å². The Morgan fingerprint density at radius 1 is 0.648 bits per heavy atom. The van der Waals surface area contributed by atoms with Gasteiger partial charge in [0.2, 0.25) is 11.8 Å². The molecule has 1 heterocycles. The molecule has 9 N–H and O–H groups in total. The molecule has 0 aromatic heterocycles. The Morgan fingerprint density at radius 3 is 1.46 bits per heavy atom. The second kappa shape index (κ2) is 22.0. The first kappa shape index (κ1) is 47.8. The first-order chi connectivity index (χ1) is 25.5. The Labute approximate surface area is 389 Å². The number of hydroxylamine groups is 2. The van der Waals surface area contributed by atoms with Gasteiger partial charge in [-0.25, -0.2) is 5.06 Å². The Balaban J connectivity index is 2.01. The number of piperazine rings is 1. The van der Waals surface area contributed by atoms with Crippen LogP contribution >= 0.6 is 136 Å². The maximum absolute atomic E-state index is 14.2. The molecule has 0 saturated carbocycles. The summed E-state index contributed by atoms with van der Waals surface area (Å²) < 4.78 is 1.43. The van der Waals surface area contributed by atoms with Crippen LogP contribution in [-0.2, 0) is 9.59 Å². The highest BCUT2D eigenvalue weighted by molar-refractivity contribution is 14.1. The van der Waals surface area contributed by atoms with Crippen molar-refractivity contribution in [1.29, 1.82) is 0 Å². The molecule has 296 valence electrons. The summed E-state index contributed by atoms with van der Waals surface area (Å²) in [5.74, 6) is -4.24. The molecule has 0 spiro atoms. The quantitative estimate of drug-likeness (QED) is 0.0731. The van der Waals surface area contributed by atoms with Crippen LogP contribution in [0.1, 0.15) is 47.9 Å². The van der Waals surface area contributed by atoms with E-state index in [0.29, 0.717) is 5.06 Å². The summed E-state index contributed by atoms with van der Waals surface area (Å²) in [5, 5.41) is 65.3. The zero-order valence-electron chi connectivity index (χ0n) is 27.6. The third kappa shape index (κ3) is 11.1. The van der Waals surface area contributed by atoms with Gasteiger partial charge in [-0.1, -0.05) is 0 Å². The first-order valence-electron chi connectivity index (χ1n) is 15.5. The second-order valence-corrected chi connectivity index (χ2v) is 17.7. The highest BCUT2D eigenvalue weighted by atomic mass is 127. The van der Waals surface area contributed by atoms with Crippen molar-refractivity contribution in [1.82, 2.24) is 20.2 Å². The summed E-state index contributed by atoms with van der Waals surface area (Å²) in [7, 11) is 0. The minimum absolute atomic E-state index is 0.0160. The topological polar surface area (TPSA) is 270 Å². The molecule has 1 saturated heterocycles. The van der Waals surface area contributed by atoms with Gasteiger partial charge in [-0.15, -0.1) is 0 Å². The number of carbonyl (C=O) groups is 6. The largest absolute Gasteiger partial charge is 0.396 e. The van der Waals surface area contributed by atoms with Crippen LogP contribution in [0, 0.1) is 21.4 Å². The summed E-state index contributed by atoms with van der Waals surface area (Å²) in [4.78, 5) is 82.5. The number of aliphatic hydroxyl groups excluding tert-OH is 5. The van der Waals surface area contributed by atoms with Gasteiger partial charge in [-0.2, -0.15) is 0 Å². The van der Waals surface area contributed by atoms with Gasteiger partial charge in [-0.3, -0.25) is 34.0 Å². The molecule has 1 aliphatic rings. The van der Waals surface area contributed by atoms with Crippen molar-refractivity contribution >= 4 is 182 Å². The lowest BCUT2D eigenvalue weighted by atomic mass is 10.1. The number of nitrogens with zero attached hydrogens (tertiary/aromatic N) is 3. The van der Waals surface area contributed by atoms with E-state index in [1.807, 2.05) is 113 Å². The van der Waals surface area contributed by atoms with E-state index in [1.165, 1.54) is 9.80 Å². The summed E-state index contributed by atoms with van der Waals surface area (Å²) >= 11 is 11.0. The van der Waals surface area contributed by atoms with E-state index in [4.69, 9.17) is 0 Å². The van der Waals surface area contributed by atoms with Crippen molar-refractivity contribution in [2.75, 3.05) is 76.3 Å². The molecule has 2 aromatic carbocycles. The van der Waals surface area contributed by atoms with Crippen molar-refractivity contribution in [3.05, 3.63) is 43.7 Å². The van der Waals surface area contributed by atoms with Crippen LogP contribution in [0.3, 0.4) is 0 Å². The highest BCUT2D eigenvalue weighted by Crippen LogP contribution is 2.38. The number of rotatable bonds is 14. The van der Waals surface area contributed by atoms with Gasteiger partial charge < -0.3 is 51.3 Å². The molecule has 3 rings (SSSR count). The maximum atomic E-state index is 14.2. The Morgan fingerprint density at radius 2 is 1.06 bits per heavy atom. The van der Waals surface area contributed by atoms with Gasteiger partial charge in [0.05, 0.1) is 67.2 Å². The van der Waals surface area contributed by atoms with Gasteiger partial charge >= 0.3 is 0 Å². The van der Waals surface area contributed by atoms with Crippen LogP contribution in [0.5, 0.6) is 0 Å². The van der Waals surface area contributed by atoms with Crippen LogP contribution in [0.2, 0.25) is 0 Å². The van der Waals surface area contributed by atoms with Crippen LogP contribution < -0.4 is 16.0 Å². The SMILES string of the molecule is O=C(CO)Nc1c(I)c(C(=O)NCC(O)CO)c(I)c(C(=O)N2CCN(C(=O)c3c(I)c(NC(=O)CO)c(I)c(C(=O)N(O)CCCO)c3I)CC2)c1I. The number of hydrogen-bond acceptors (Lipinski definition) is 12. The van der Waals surface area contributed by atoms with Gasteiger partial charge in [0.15, 0.2) is 0 Å². The van der Waals surface area contributed by atoms with Crippen molar-refractivity contribution in [3.8, 4) is 0 Å². The van der Waals surface area contributed by atoms with Crippen LogP contribution in [0.25, 0.3) is 0 Å². The molecule has 0 aliphatic carbocycles. The standard InChI is InChI=1S/C30H32I6N6O12/c31-19-15(27(50)37-8-12(47)9-44)21(33)25(38-13(48)10-45)22(34)16(19)28(51)40-3-5-41(6-4-40)29(52)17-20(32)18(30(53)42(54)2-1-7-43)24(36)26(23(17)35)39-14(49)11-46/h12,43-47,54H,1-11H2,(H,37,50)(H,38,48)(H,39,49). The van der Waals surface area contributed by atoms with E-state index >= 15 is 0 Å². The van der Waals surface area contributed by atoms with Crippen molar-refractivity contribution in [2.45, 2.75) is 12.5 Å². The van der Waals surface area contributed by atoms with Crippen molar-refractivity contribution in [2.24, 2.45) is 0 Å². The first-order valence-corrected chi connectivity index (χ1v) is 21.9. The maximum Gasteiger partial charge on any atom is 0.279 e. The molecule has 2 aromatic rings. The van der Waals surface area contributed by atoms with Crippen molar-refractivity contribution < 1.29 is 59.5 Å². The summed E-state index contributed by atoms with van der Waals surface area (Å²) in [6.45, 7) is -3.07. The predicted octanol–water partition coefficient (Wildman–Crippen LogP) is 1.07. The summed E-state index contributed by atoms with van der Waals surface area (Å²) in [5.41, 5.74) is 0.223. The third-order valence-corrected chi connectivity index (χ3v) is 14.1. The number of hydrogen-bond donors (Lipinski definition) is 9. The Kier molecular flexibility index (Phi) is 19.4.